The van der Waals surface area contributed by atoms with Crippen molar-refractivity contribution >= 4 is 21.4 Å². The first-order valence-corrected chi connectivity index (χ1v) is 7.10. The Bertz CT molecular complexity index is 510. The molecule has 0 bridgehead atoms. The van der Waals surface area contributed by atoms with E-state index in [4.69, 9.17) is 5.73 Å². The van der Waals surface area contributed by atoms with Gasteiger partial charge in [0, 0.05) is 5.69 Å². The van der Waals surface area contributed by atoms with Gasteiger partial charge >= 0.3 is 0 Å². The molecule has 1 aromatic rings. The molecule has 0 amide bonds. The molecule has 1 aliphatic carbocycles. The van der Waals surface area contributed by atoms with E-state index in [1.807, 2.05) is 0 Å². The molecule has 17 heavy (non-hydrogen) atoms. The molecule has 4 nitrogen and oxygen atoms in total. The Hall–Kier alpha value is -1.30. The highest BCUT2D eigenvalue weighted by atomic mass is 32.2. The van der Waals surface area contributed by atoms with Gasteiger partial charge in [0.05, 0.1) is 10.9 Å². The summed E-state index contributed by atoms with van der Waals surface area (Å²) < 4.78 is 39.6. The number of benzene rings is 1. The number of hydrogen-bond donors (Lipinski definition) is 2. The molecule has 1 saturated carbocycles. The minimum atomic E-state index is -3.48. The lowest BCUT2D eigenvalue weighted by Gasteiger charge is -2.13. The van der Waals surface area contributed by atoms with Crippen LogP contribution in [0.5, 0.6) is 0 Å². The largest absolute Gasteiger partial charge is 0.399 e. The zero-order valence-corrected chi connectivity index (χ0v) is 10.1. The SMILES string of the molecule is Nc1ccc(NS(=O)(=O)C2CCCC2)c(F)c1. The van der Waals surface area contributed by atoms with Gasteiger partial charge in [-0.3, -0.25) is 4.72 Å². The number of halogens is 1. The first-order chi connectivity index (χ1) is 7.99. The van der Waals surface area contributed by atoms with Crippen molar-refractivity contribution in [3.8, 4) is 0 Å². The van der Waals surface area contributed by atoms with Crippen molar-refractivity contribution in [1.82, 2.24) is 0 Å². The maximum atomic E-state index is 13.5. The Balaban J connectivity index is 2.19. The van der Waals surface area contributed by atoms with Crippen LogP contribution >= 0.6 is 0 Å². The van der Waals surface area contributed by atoms with Gasteiger partial charge < -0.3 is 5.73 Å². The summed E-state index contributed by atoms with van der Waals surface area (Å²) in [5.41, 5.74) is 5.63. The van der Waals surface area contributed by atoms with E-state index in [9.17, 15) is 12.8 Å². The molecule has 0 aromatic heterocycles. The van der Waals surface area contributed by atoms with Crippen molar-refractivity contribution in [3.05, 3.63) is 24.0 Å². The number of nitrogens with two attached hydrogens (primary N) is 1. The summed E-state index contributed by atoms with van der Waals surface area (Å²) in [6.07, 6.45) is 3.11. The number of hydrogen-bond acceptors (Lipinski definition) is 3. The summed E-state index contributed by atoms with van der Waals surface area (Å²) in [4.78, 5) is 0. The van der Waals surface area contributed by atoms with Crippen LogP contribution in [0, 0.1) is 5.82 Å². The van der Waals surface area contributed by atoms with Crippen molar-refractivity contribution < 1.29 is 12.8 Å². The fourth-order valence-electron chi connectivity index (χ4n) is 2.05. The van der Waals surface area contributed by atoms with Gasteiger partial charge in [-0.1, -0.05) is 12.8 Å². The van der Waals surface area contributed by atoms with Gasteiger partial charge in [0.1, 0.15) is 5.82 Å². The Kier molecular flexibility index (Phi) is 3.24. The first kappa shape index (κ1) is 12.2. The summed E-state index contributed by atoms with van der Waals surface area (Å²) >= 11 is 0. The summed E-state index contributed by atoms with van der Waals surface area (Å²) in [6, 6.07) is 3.92. The number of nitrogen functional groups attached to an aromatic ring is 1. The monoisotopic (exact) mass is 258 g/mol. The van der Waals surface area contributed by atoms with Crippen LogP contribution in [-0.4, -0.2) is 13.7 Å². The van der Waals surface area contributed by atoms with Crippen molar-refractivity contribution in [2.45, 2.75) is 30.9 Å². The minimum absolute atomic E-state index is 0.0360. The quantitative estimate of drug-likeness (QED) is 0.815. The molecular weight excluding hydrogens is 243 g/mol. The average molecular weight is 258 g/mol. The van der Waals surface area contributed by atoms with Gasteiger partial charge in [0.25, 0.3) is 0 Å². The molecule has 0 saturated heterocycles. The Morgan fingerprint density at radius 3 is 2.53 bits per heavy atom. The lowest BCUT2D eigenvalue weighted by molar-refractivity contribution is 0.583. The summed E-state index contributed by atoms with van der Waals surface area (Å²) in [5, 5.41) is -0.403. The van der Waals surface area contributed by atoms with Crippen LogP contribution in [0.15, 0.2) is 18.2 Å². The average Bonchev–Trinajstić information content (AvgIpc) is 2.76. The molecule has 94 valence electrons. The second kappa shape index (κ2) is 4.52. The normalized spacial score (nSPS) is 17.2. The molecule has 0 aliphatic heterocycles. The molecule has 2 rings (SSSR count). The van der Waals surface area contributed by atoms with E-state index in [1.165, 1.54) is 12.1 Å². The minimum Gasteiger partial charge on any atom is -0.399 e. The van der Waals surface area contributed by atoms with E-state index in [0.29, 0.717) is 12.8 Å². The van der Waals surface area contributed by atoms with Gasteiger partial charge in [-0.05, 0) is 31.0 Å². The molecule has 0 atom stereocenters. The summed E-state index contributed by atoms with van der Waals surface area (Å²) in [6.45, 7) is 0. The van der Waals surface area contributed by atoms with Crippen LogP contribution in [0.25, 0.3) is 0 Å². The van der Waals surface area contributed by atoms with E-state index in [-0.39, 0.29) is 11.4 Å². The summed E-state index contributed by atoms with van der Waals surface area (Å²) in [7, 11) is -3.48. The lowest BCUT2D eigenvalue weighted by Crippen LogP contribution is -2.25. The standard InChI is InChI=1S/C11H15FN2O2S/c12-10-7-8(13)5-6-11(10)14-17(15,16)9-3-1-2-4-9/h5-7,9,14H,1-4,13H2. The molecule has 0 unspecified atom stereocenters. The molecule has 3 N–H and O–H groups in total. The maximum Gasteiger partial charge on any atom is 0.235 e. The van der Waals surface area contributed by atoms with Gasteiger partial charge in [-0.15, -0.1) is 0 Å². The van der Waals surface area contributed by atoms with E-state index < -0.39 is 21.1 Å². The third-order valence-electron chi connectivity index (χ3n) is 2.99. The molecular formula is C11H15FN2O2S. The van der Waals surface area contributed by atoms with Gasteiger partial charge in [-0.2, -0.15) is 0 Å². The van der Waals surface area contributed by atoms with Crippen molar-refractivity contribution in [2.24, 2.45) is 0 Å². The van der Waals surface area contributed by atoms with Crippen molar-refractivity contribution in [3.63, 3.8) is 0 Å². The van der Waals surface area contributed by atoms with Crippen molar-refractivity contribution in [1.29, 1.82) is 0 Å². The zero-order valence-electron chi connectivity index (χ0n) is 9.32. The highest BCUT2D eigenvalue weighted by molar-refractivity contribution is 7.93. The molecule has 6 heteroatoms. The van der Waals surface area contributed by atoms with E-state index in [0.717, 1.165) is 18.9 Å². The topological polar surface area (TPSA) is 72.2 Å². The van der Waals surface area contributed by atoms with Gasteiger partial charge in [-0.25, -0.2) is 12.8 Å². The van der Waals surface area contributed by atoms with Crippen LogP contribution in [0.2, 0.25) is 0 Å². The number of anilines is 2. The third kappa shape index (κ3) is 2.69. The molecule has 0 radical (unpaired) electrons. The van der Waals surface area contributed by atoms with Crippen LogP contribution in [0.1, 0.15) is 25.7 Å². The highest BCUT2D eigenvalue weighted by Gasteiger charge is 2.29. The van der Waals surface area contributed by atoms with Crippen LogP contribution < -0.4 is 10.5 Å². The fraction of sp³-hybridized carbons (Fsp3) is 0.455. The zero-order chi connectivity index (χ0) is 12.5. The van der Waals surface area contributed by atoms with Crippen LogP contribution in [-0.2, 0) is 10.0 Å². The predicted octanol–water partition coefficient (Wildman–Crippen LogP) is 2.09. The van der Waals surface area contributed by atoms with Crippen molar-refractivity contribution in [2.75, 3.05) is 10.5 Å². The van der Waals surface area contributed by atoms with E-state index >= 15 is 0 Å². The summed E-state index contributed by atoms with van der Waals surface area (Å²) in [5.74, 6) is -0.647. The predicted molar refractivity (Wildman–Crippen MR) is 65.6 cm³/mol. The second-order valence-corrected chi connectivity index (χ2v) is 6.25. The van der Waals surface area contributed by atoms with Crippen LogP contribution in [0.3, 0.4) is 0 Å². The smallest absolute Gasteiger partial charge is 0.235 e. The number of rotatable bonds is 3. The lowest BCUT2D eigenvalue weighted by atomic mass is 10.3. The third-order valence-corrected chi connectivity index (χ3v) is 4.84. The highest BCUT2D eigenvalue weighted by Crippen LogP contribution is 2.27. The number of sulfonamides is 1. The molecule has 1 aromatic carbocycles. The van der Waals surface area contributed by atoms with Gasteiger partial charge in [0.2, 0.25) is 10.0 Å². The van der Waals surface area contributed by atoms with Gasteiger partial charge in [0.15, 0.2) is 0 Å². The second-order valence-electron chi connectivity index (χ2n) is 4.29. The Labute approximate surface area is 100 Å². The van der Waals surface area contributed by atoms with E-state index in [2.05, 4.69) is 4.72 Å². The first-order valence-electron chi connectivity index (χ1n) is 5.56. The molecule has 1 fully saturated rings. The van der Waals surface area contributed by atoms with Crippen LogP contribution in [0.4, 0.5) is 15.8 Å². The fourth-order valence-corrected chi connectivity index (χ4v) is 3.64. The molecule has 0 spiro atoms. The number of nitrogens with one attached hydrogen (secondary N) is 1. The Morgan fingerprint density at radius 2 is 1.94 bits per heavy atom. The Morgan fingerprint density at radius 1 is 1.29 bits per heavy atom. The van der Waals surface area contributed by atoms with E-state index in [1.54, 1.807) is 0 Å². The molecule has 1 aliphatic rings. The maximum absolute atomic E-state index is 13.5. The molecule has 0 heterocycles.